The molecule has 0 aliphatic rings. The lowest BCUT2D eigenvalue weighted by atomic mass is 9.83. The predicted octanol–water partition coefficient (Wildman–Crippen LogP) is 3.62. The van der Waals surface area contributed by atoms with E-state index in [2.05, 4.69) is 0 Å². The number of hydrogen-bond donors (Lipinski definition) is 1. The molecular weight excluding hydrogens is 231 g/mol. The van der Waals surface area contributed by atoms with Crippen LogP contribution >= 0.6 is 0 Å². The van der Waals surface area contributed by atoms with Gasteiger partial charge in [-0.15, -0.1) is 0 Å². The van der Waals surface area contributed by atoms with E-state index in [0.29, 0.717) is 17.7 Å². The van der Waals surface area contributed by atoms with Gasteiger partial charge in [0.05, 0.1) is 6.10 Å². The minimum Gasteiger partial charge on any atom is -0.386 e. The Morgan fingerprint density at radius 1 is 1.33 bits per heavy atom. The second-order valence-electron chi connectivity index (χ2n) is 5.70. The third-order valence-electron chi connectivity index (χ3n) is 3.01. The first-order valence-electron chi connectivity index (χ1n) is 6.33. The zero-order chi connectivity index (χ0) is 13.9. The van der Waals surface area contributed by atoms with Gasteiger partial charge in [0.15, 0.2) is 0 Å². The van der Waals surface area contributed by atoms with Crippen LogP contribution in [0.25, 0.3) is 0 Å². The maximum absolute atomic E-state index is 13.2. The molecule has 0 fully saturated rings. The summed E-state index contributed by atoms with van der Waals surface area (Å²) >= 11 is 0. The quantitative estimate of drug-likeness (QED) is 0.889. The summed E-state index contributed by atoms with van der Waals surface area (Å²) in [7, 11) is 0. The van der Waals surface area contributed by atoms with Crippen molar-refractivity contribution in [3.05, 3.63) is 35.1 Å². The Hall–Kier alpha value is -0.930. The number of rotatable bonds is 4. The third-order valence-corrected chi connectivity index (χ3v) is 3.01. The minimum absolute atomic E-state index is 0.183. The molecule has 2 unspecified atom stereocenters. The van der Waals surface area contributed by atoms with E-state index < -0.39 is 6.10 Å². The molecule has 1 aromatic rings. The standard InChI is InChI=1S/C15H23FO2/c1-6-18-14(15(3,4)5)13(17)11-7-8-12(16)10(2)9-11/h7-9,13-14,17H,6H2,1-5H3. The molecule has 0 amide bonds. The topological polar surface area (TPSA) is 29.5 Å². The first-order valence-corrected chi connectivity index (χ1v) is 6.33. The van der Waals surface area contributed by atoms with E-state index in [0.717, 1.165) is 0 Å². The number of hydrogen-bond acceptors (Lipinski definition) is 2. The molecule has 102 valence electrons. The lowest BCUT2D eigenvalue weighted by Gasteiger charge is -2.34. The van der Waals surface area contributed by atoms with Gasteiger partial charge in [-0.1, -0.05) is 32.9 Å². The van der Waals surface area contributed by atoms with Crippen molar-refractivity contribution in [1.82, 2.24) is 0 Å². The van der Waals surface area contributed by atoms with Crippen LogP contribution in [0.2, 0.25) is 0 Å². The van der Waals surface area contributed by atoms with E-state index >= 15 is 0 Å². The smallest absolute Gasteiger partial charge is 0.126 e. The Morgan fingerprint density at radius 2 is 1.94 bits per heavy atom. The highest BCUT2D eigenvalue weighted by atomic mass is 19.1. The molecule has 18 heavy (non-hydrogen) atoms. The average molecular weight is 254 g/mol. The fourth-order valence-electron chi connectivity index (χ4n) is 2.02. The molecule has 0 aliphatic carbocycles. The van der Waals surface area contributed by atoms with Crippen LogP contribution in [0.1, 0.15) is 44.9 Å². The highest BCUT2D eigenvalue weighted by Gasteiger charge is 2.32. The fraction of sp³-hybridized carbons (Fsp3) is 0.600. The van der Waals surface area contributed by atoms with Crippen LogP contribution in [0.3, 0.4) is 0 Å². The number of aryl methyl sites for hydroxylation is 1. The van der Waals surface area contributed by atoms with E-state index in [-0.39, 0.29) is 17.3 Å². The number of aliphatic hydroxyl groups is 1. The molecule has 1 N–H and O–H groups in total. The molecule has 0 saturated heterocycles. The lowest BCUT2D eigenvalue weighted by Crippen LogP contribution is -2.35. The molecule has 0 aliphatic heterocycles. The van der Waals surface area contributed by atoms with E-state index in [4.69, 9.17) is 4.74 Å². The van der Waals surface area contributed by atoms with Crippen molar-refractivity contribution in [1.29, 1.82) is 0 Å². The first kappa shape index (κ1) is 15.1. The normalized spacial score (nSPS) is 15.5. The van der Waals surface area contributed by atoms with Gasteiger partial charge >= 0.3 is 0 Å². The molecule has 0 radical (unpaired) electrons. The van der Waals surface area contributed by atoms with Gasteiger partial charge in [-0.05, 0) is 36.5 Å². The first-order chi connectivity index (χ1) is 8.27. The van der Waals surface area contributed by atoms with Crippen molar-refractivity contribution >= 4 is 0 Å². The molecule has 2 nitrogen and oxygen atoms in total. The van der Waals surface area contributed by atoms with E-state index in [1.165, 1.54) is 6.07 Å². The molecule has 2 atom stereocenters. The van der Waals surface area contributed by atoms with Crippen molar-refractivity contribution in [2.75, 3.05) is 6.61 Å². The zero-order valence-electron chi connectivity index (χ0n) is 11.8. The summed E-state index contributed by atoms with van der Waals surface area (Å²) in [6, 6.07) is 4.68. The summed E-state index contributed by atoms with van der Waals surface area (Å²) in [5, 5.41) is 10.4. The monoisotopic (exact) mass is 254 g/mol. The molecule has 1 aromatic carbocycles. The van der Waals surface area contributed by atoms with Crippen LogP contribution in [0.5, 0.6) is 0 Å². The van der Waals surface area contributed by atoms with E-state index in [1.54, 1.807) is 19.1 Å². The van der Waals surface area contributed by atoms with Crippen molar-refractivity contribution in [2.24, 2.45) is 5.41 Å². The summed E-state index contributed by atoms with van der Waals surface area (Å²) in [5.41, 5.74) is 1.05. The third kappa shape index (κ3) is 3.53. The van der Waals surface area contributed by atoms with Gasteiger partial charge in [-0.3, -0.25) is 0 Å². The summed E-state index contributed by atoms with van der Waals surface area (Å²) in [6.07, 6.45) is -1.06. The van der Waals surface area contributed by atoms with Gasteiger partial charge in [0.2, 0.25) is 0 Å². The van der Waals surface area contributed by atoms with E-state index in [1.807, 2.05) is 27.7 Å². The zero-order valence-corrected chi connectivity index (χ0v) is 11.8. The van der Waals surface area contributed by atoms with Crippen LogP contribution in [0.15, 0.2) is 18.2 Å². The van der Waals surface area contributed by atoms with Crippen LogP contribution in [-0.2, 0) is 4.74 Å². The predicted molar refractivity (Wildman–Crippen MR) is 71.0 cm³/mol. The van der Waals surface area contributed by atoms with Gasteiger partial charge in [0.25, 0.3) is 0 Å². The maximum Gasteiger partial charge on any atom is 0.126 e. The van der Waals surface area contributed by atoms with Gasteiger partial charge in [-0.2, -0.15) is 0 Å². The van der Waals surface area contributed by atoms with E-state index in [9.17, 15) is 9.50 Å². The van der Waals surface area contributed by atoms with Crippen molar-refractivity contribution in [3.63, 3.8) is 0 Å². The molecule has 0 bridgehead atoms. The van der Waals surface area contributed by atoms with Crippen LogP contribution in [-0.4, -0.2) is 17.8 Å². The second-order valence-corrected chi connectivity index (χ2v) is 5.70. The fourth-order valence-corrected chi connectivity index (χ4v) is 2.02. The summed E-state index contributed by atoms with van der Waals surface area (Å²) in [5.74, 6) is -0.255. The summed E-state index contributed by atoms with van der Waals surface area (Å²) in [4.78, 5) is 0. The average Bonchev–Trinajstić information content (AvgIpc) is 2.27. The maximum atomic E-state index is 13.2. The highest BCUT2D eigenvalue weighted by molar-refractivity contribution is 5.26. The van der Waals surface area contributed by atoms with Crippen molar-refractivity contribution < 1.29 is 14.2 Å². The Balaban J connectivity index is 3.01. The Bertz CT molecular complexity index is 396. The van der Waals surface area contributed by atoms with Crippen LogP contribution in [0, 0.1) is 18.2 Å². The SMILES string of the molecule is CCOC(C(O)c1ccc(F)c(C)c1)C(C)(C)C. The number of aliphatic hydroxyl groups excluding tert-OH is 1. The second kappa shape index (κ2) is 5.81. The van der Waals surface area contributed by atoms with Crippen molar-refractivity contribution in [3.8, 4) is 0 Å². The molecule has 0 saturated carbocycles. The molecule has 0 aromatic heterocycles. The van der Waals surface area contributed by atoms with Gasteiger partial charge in [0.1, 0.15) is 11.9 Å². The Morgan fingerprint density at radius 3 is 2.39 bits per heavy atom. The van der Waals surface area contributed by atoms with Gasteiger partial charge < -0.3 is 9.84 Å². The summed E-state index contributed by atoms with van der Waals surface area (Å²) < 4.78 is 18.9. The van der Waals surface area contributed by atoms with Gasteiger partial charge in [-0.25, -0.2) is 4.39 Å². The summed E-state index contributed by atoms with van der Waals surface area (Å²) in [6.45, 7) is 10.2. The Kier molecular flexibility index (Phi) is 4.88. The molecular formula is C15H23FO2. The minimum atomic E-state index is -0.746. The molecule has 0 spiro atoms. The lowest BCUT2D eigenvalue weighted by molar-refractivity contribution is -0.0899. The number of benzene rings is 1. The van der Waals surface area contributed by atoms with Crippen LogP contribution in [0.4, 0.5) is 4.39 Å². The van der Waals surface area contributed by atoms with Crippen molar-refractivity contribution in [2.45, 2.75) is 46.8 Å². The largest absolute Gasteiger partial charge is 0.386 e. The molecule has 1 rings (SSSR count). The van der Waals surface area contributed by atoms with Gasteiger partial charge in [0, 0.05) is 6.61 Å². The molecule has 3 heteroatoms. The number of halogens is 1. The Labute approximate surface area is 109 Å². The number of ether oxygens (including phenoxy) is 1. The van der Waals surface area contributed by atoms with Crippen LogP contribution < -0.4 is 0 Å². The molecule has 0 heterocycles. The highest BCUT2D eigenvalue weighted by Crippen LogP contribution is 2.33.